The fraction of sp³-hybridized carbons (Fsp3) is 0.308. The second kappa shape index (κ2) is 5.16. The number of nitrogens with two attached hydrogens (primary N) is 1. The molecule has 1 atom stereocenters. The number of aliphatic hydroxyl groups is 1. The summed E-state index contributed by atoms with van der Waals surface area (Å²) in [5, 5.41) is 12.4. The predicted molar refractivity (Wildman–Crippen MR) is 72.4 cm³/mol. The highest BCUT2D eigenvalue weighted by molar-refractivity contribution is 7.09. The second-order valence-corrected chi connectivity index (χ2v) is 5.23. The Hall–Kier alpha value is -1.63. The van der Waals surface area contributed by atoms with E-state index in [1.165, 1.54) is 11.3 Å². The quantitative estimate of drug-likeness (QED) is 0.884. The molecule has 1 aliphatic rings. The van der Waals surface area contributed by atoms with Crippen LogP contribution in [-0.2, 0) is 6.42 Å². The standard InChI is InChI=1S/C13H14N2O3S/c14-5-9(16)4-13-15-10(6-19-13)8-1-2-11-12(3-8)18-7-17-11/h1-3,6,9,16H,4-5,7,14H2. The van der Waals surface area contributed by atoms with Crippen molar-refractivity contribution >= 4 is 11.3 Å². The highest BCUT2D eigenvalue weighted by atomic mass is 32.1. The molecule has 0 saturated carbocycles. The second-order valence-electron chi connectivity index (χ2n) is 4.29. The highest BCUT2D eigenvalue weighted by Gasteiger charge is 2.15. The van der Waals surface area contributed by atoms with E-state index < -0.39 is 6.10 Å². The van der Waals surface area contributed by atoms with Crippen LogP contribution in [0.25, 0.3) is 11.3 Å². The summed E-state index contributed by atoms with van der Waals surface area (Å²) in [4.78, 5) is 4.50. The first-order chi connectivity index (χ1) is 9.26. The van der Waals surface area contributed by atoms with Crippen LogP contribution in [-0.4, -0.2) is 29.5 Å². The van der Waals surface area contributed by atoms with Crippen LogP contribution in [0.3, 0.4) is 0 Å². The molecule has 100 valence electrons. The van der Waals surface area contributed by atoms with Gasteiger partial charge in [0, 0.05) is 23.9 Å². The van der Waals surface area contributed by atoms with E-state index in [1.807, 2.05) is 23.6 Å². The third-order valence-electron chi connectivity index (χ3n) is 2.90. The van der Waals surface area contributed by atoms with Crippen LogP contribution in [0, 0.1) is 0 Å². The monoisotopic (exact) mass is 278 g/mol. The Bertz CT molecular complexity index is 585. The molecule has 0 bridgehead atoms. The van der Waals surface area contributed by atoms with E-state index in [4.69, 9.17) is 15.2 Å². The van der Waals surface area contributed by atoms with Gasteiger partial charge in [0.2, 0.25) is 6.79 Å². The molecule has 0 radical (unpaired) electrons. The average Bonchev–Trinajstić information content (AvgIpc) is 3.05. The maximum atomic E-state index is 9.52. The number of nitrogens with zero attached hydrogens (tertiary/aromatic N) is 1. The summed E-state index contributed by atoms with van der Waals surface area (Å²) in [6, 6.07) is 5.75. The lowest BCUT2D eigenvalue weighted by Gasteiger charge is -2.03. The van der Waals surface area contributed by atoms with Gasteiger partial charge in [-0.15, -0.1) is 11.3 Å². The Kier molecular flexibility index (Phi) is 3.37. The molecule has 1 aliphatic heterocycles. The van der Waals surface area contributed by atoms with Gasteiger partial charge in [0.25, 0.3) is 0 Å². The molecule has 2 aromatic rings. The zero-order valence-corrected chi connectivity index (χ0v) is 11.0. The molecule has 0 spiro atoms. The first-order valence-electron chi connectivity index (χ1n) is 5.99. The van der Waals surface area contributed by atoms with Crippen LogP contribution in [0.1, 0.15) is 5.01 Å². The molecule has 3 N–H and O–H groups in total. The lowest BCUT2D eigenvalue weighted by atomic mass is 10.1. The van der Waals surface area contributed by atoms with E-state index in [2.05, 4.69) is 4.98 Å². The van der Waals surface area contributed by atoms with Gasteiger partial charge in [-0.2, -0.15) is 0 Å². The molecule has 1 unspecified atom stereocenters. The van der Waals surface area contributed by atoms with Crippen molar-refractivity contribution in [1.29, 1.82) is 0 Å². The summed E-state index contributed by atoms with van der Waals surface area (Å²) < 4.78 is 10.6. The van der Waals surface area contributed by atoms with Gasteiger partial charge in [-0.05, 0) is 18.2 Å². The molecule has 6 heteroatoms. The van der Waals surface area contributed by atoms with Crippen molar-refractivity contribution in [2.24, 2.45) is 5.73 Å². The predicted octanol–water partition coefficient (Wildman–Crippen LogP) is 1.40. The number of hydrogen-bond donors (Lipinski definition) is 2. The first-order valence-corrected chi connectivity index (χ1v) is 6.87. The summed E-state index contributed by atoms with van der Waals surface area (Å²) in [6.45, 7) is 0.517. The van der Waals surface area contributed by atoms with Crippen molar-refractivity contribution in [3.63, 3.8) is 0 Å². The number of aliphatic hydroxyl groups excluding tert-OH is 1. The van der Waals surface area contributed by atoms with Gasteiger partial charge in [0.05, 0.1) is 16.8 Å². The van der Waals surface area contributed by atoms with Crippen LogP contribution in [0.15, 0.2) is 23.6 Å². The Labute approximate surface area is 114 Å². The van der Waals surface area contributed by atoms with Crippen molar-refractivity contribution in [2.45, 2.75) is 12.5 Å². The summed E-state index contributed by atoms with van der Waals surface area (Å²) >= 11 is 1.52. The molecule has 0 aliphatic carbocycles. The lowest BCUT2D eigenvalue weighted by Crippen LogP contribution is -2.21. The van der Waals surface area contributed by atoms with Gasteiger partial charge < -0.3 is 20.3 Å². The molecule has 5 nitrogen and oxygen atoms in total. The number of rotatable bonds is 4. The van der Waals surface area contributed by atoms with Crippen LogP contribution < -0.4 is 15.2 Å². The van der Waals surface area contributed by atoms with Crippen LogP contribution in [0.2, 0.25) is 0 Å². The molecule has 0 amide bonds. The zero-order valence-electron chi connectivity index (χ0n) is 10.2. The molecule has 2 heterocycles. The van der Waals surface area contributed by atoms with Crippen LogP contribution >= 0.6 is 11.3 Å². The van der Waals surface area contributed by atoms with E-state index in [1.54, 1.807) is 0 Å². The van der Waals surface area contributed by atoms with Gasteiger partial charge in [-0.25, -0.2) is 4.98 Å². The molecule has 0 fully saturated rings. The van der Waals surface area contributed by atoms with Crippen molar-refractivity contribution < 1.29 is 14.6 Å². The zero-order chi connectivity index (χ0) is 13.2. The van der Waals surface area contributed by atoms with E-state index in [0.29, 0.717) is 6.42 Å². The maximum Gasteiger partial charge on any atom is 0.231 e. The highest BCUT2D eigenvalue weighted by Crippen LogP contribution is 2.36. The van der Waals surface area contributed by atoms with E-state index in [-0.39, 0.29) is 13.3 Å². The molecule has 0 saturated heterocycles. The van der Waals surface area contributed by atoms with Crippen molar-refractivity contribution in [1.82, 2.24) is 4.98 Å². The van der Waals surface area contributed by atoms with Gasteiger partial charge in [-0.3, -0.25) is 0 Å². The molecule has 3 rings (SSSR count). The van der Waals surface area contributed by atoms with Gasteiger partial charge in [-0.1, -0.05) is 0 Å². The molecular formula is C13H14N2O3S. The molecule has 1 aromatic heterocycles. The number of benzene rings is 1. The minimum absolute atomic E-state index is 0.249. The smallest absolute Gasteiger partial charge is 0.231 e. The Morgan fingerprint density at radius 3 is 3.05 bits per heavy atom. The fourth-order valence-electron chi connectivity index (χ4n) is 1.88. The van der Waals surface area contributed by atoms with Crippen LogP contribution in [0.4, 0.5) is 0 Å². The number of aromatic nitrogens is 1. The van der Waals surface area contributed by atoms with Gasteiger partial charge in [0.15, 0.2) is 11.5 Å². The van der Waals surface area contributed by atoms with Crippen LogP contribution in [0.5, 0.6) is 11.5 Å². The minimum atomic E-state index is -0.532. The molecule has 19 heavy (non-hydrogen) atoms. The van der Waals surface area contributed by atoms with Gasteiger partial charge >= 0.3 is 0 Å². The van der Waals surface area contributed by atoms with Crippen molar-refractivity contribution in [2.75, 3.05) is 13.3 Å². The summed E-state index contributed by atoms with van der Waals surface area (Å²) in [6.07, 6.45) is -0.0399. The lowest BCUT2D eigenvalue weighted by molar-refractivity contribution is 0.174. The van der Waals surface area contributed by atoms with Crippen molar-refractivity contribution in [3.05, 3.63) is 28.6 Å². The van der Waals surface area contributed by atoms with E-state index in [9.17, 15) is 5.11 Å². The topological polar surface area (TPSA) is 77.6 Å². The summed E-state index contributed by atoms with van der Waals surface area (Å²) in [7, 11) is 0. The Balaban J connectivity index is 1.82. The normalized spacial score (nSPS) is 14.6. The third kappa shape index (κ3) is 2.56. The fourth-order valence-corrected chi connectivity index (χ4v) is 2.75. The maximum absolute atomic E-state index is 9.52. The summed E-state index contributed by atoms with van der Waals surface area (Å²) in [5.41, 5.74) is 7.25. The summed E-state index contributed by atoms with van der Waals surface area (Å²) in [5.74, 6) is 1.51. The number of hydrogen-bond acceptors (Lipinski definition) is 6. The van der Waals surface area contributed by atoms with Gasteiger partial charge in [0.1, 0.15) is 0 Å². The van der Waals surface area contributed by atoms with E-state index >= 15 is 0 Å². The number of thiazole rings is 1. The SMILES string of the molecule is NCC(O)Cc1nc(-c2ccc3c(c2)OCO3)cs1. The molecule has 1 aromatic carbocycles. The largest absolute Gasteiger partial charge is 0.454 e. The number of fused-ring (bicyclic) bond motifs is 1. The van der Waals surface area contributed by atoms with Crippen molar-refractivity contribution in [3.8, 4) is 22.8 Å². The Morgan fingerprint density at radius 2 is 2.21 bits per heavy atom. The molecular weight excluding hydrogens is 264 g/mol. The number of ether oxygens (including phenoxy) is 2. The average molecular weight is 278 g/mol. The Morgan fingerprint density at radius 1 is 1.37 bits per heavy atom. The first kappa shape index (κ1) is 12.4. The third-order valence-corrected chi connectivity index (χ3v) is 3.77. The minimum Gasteiger partial charge on any atom is -0.454 e. The van der Waals surface area contributed by atoms with E-state index in [0.717, 1.165) is 27.8 Å².